The molecule has 1 aliphatic rings. The second kappa shape index (κ2) is 6.65. The second-order valence-corrected chi connectivity index (χ2v) is 7.11. The van der Waals surface area contributed by atoms with E-state index in [4.69, 9.17) is 9.47 Å². The maximum atomic E-state index is 12.5. The molecule has 0 atom stereocenters. The van der Waals surface area contributed by atoms with Gasteiger partial charge in [0.15, 0.2) is 17.3 Å². The average molecular weight is 403 g/mol. The Morgan fingerprint density at radius 2 is 1.70 bits per heavy atom. The van der Waals surface area contributed by atoms with Gasteiger partial charge in [-0.15, -0.1) is 13.2 Å². The minimum absolute atomic E-state index is 0.0395. The number of ketones is 1. The van der Waals surface area contributed by atoms with E-state index >= 15 is 0 Å². The first-order chi connectivity index (χ1) is 12.5. The highest BCUT2D eigenvalue weighted by atomic mass is 32.2. The molecule has 144 valence electrons. The van der Waals surface area contributed by atoms with Gasteiger partial charge in [-0.25, -0.2) is 8.42 Å². The first-order valence-corrected chi connectivity index (χ1v) is 8.87. The number of Topliss-reactive ketones (excluding diaryl/α,β-unsaturated/α-hetero) is 1. The highest BCUT2D eigenvalue weighted by Gasteiger charge is 2.31. The van der Waals surface area contributed by atoms with E-state index in [9.17, 15) is 26.4 Å². The highest BCUT2D eigenvalue weighted by Crippen LogP contribution is 2.38. The summed E-state index contributed by atoms with van der Waals surface area (Å²) in [5, 5.41) is 0. The zero-order chi connectivity index (χ0) is 19.8. The maximum Gasteiger partial charge on any atom is 0.573 e. The summed E-state index contributed by atoms with van der Waals surface area (Å²) in [6.07, 6.45) is -4.89. The summed E-state index contributed by atoms with van der Waals surface area (Å²) in [6, 6.07) is 6.29. The molecule has 0 unspecified atom stereocenters. The van der Waals surface area contributed by atoms with E-state index in [0.717, 1.165) is 24.3 Å². The van der Waals surface area contributed by atoms with Crippen molar-refractivity contribution in [3.63, 3.8) is 0 Å². The van der Waals surface area contributed by atoms with Crippen LogP contribution in [0.5, 0.6) is 17.2 Å². The average Bonchev–Trinajstić information content (AvgIpc) is 2.99. The van der Waals surface area contributed by atoms with Crippen LogP contribution in [0.2, 0.25) is 0 Å². The Hall–Kier alpha value is -2.95. The first-order valence-electron chi connectivity index (χ1n) is 7.38. The normalized spacial score (nSPS) is 13.3. The van der Waals surface area contributed by atoms with Gasteiger partial charge in [-0.2, -0.15) is 0 Å². The smallest absolute Gasteiger partial charge is 0.454 e. The van der Waals surface area contributed by atoms with Gasteiger partial charge >= 0.3 is 6.36 Å². The van der Waals surface area contributed by atoms with E-state index in [1.807, 2.05) is 0 Å². The van der Waals surface area contributed by atoms with Gasteiger partial charge in [-0.1, -0.05) is 0 Å². The zero-order valence-corrected chi connectivity index (χ0v) is 14.5. The summed E-state index contributed by atoms with van der Waals surface area (Å²) in [7, 11) is -4.18. The summed E-state index contributed by atoms with van der Waals surface area (Å²) in [5.74, 6) is -0.419. The van der Waals surface area contributed by atoms with Crippen molar-refractivity contribution < 1.29 is 40.6 Å². The Balaban J connectivity index is 1.90. The van der Waals surface area contributed by atoms with Crippen LogP contribution in [-0.4, -0.2) is 27.4 Å². The third-order valence-electron chi connectivity index (χ3n) is 3.50. The Kier molecular flexibility index (Phi) is 4.64. The Morgan fingerprint density at radius 1 is 1.11 bits per heavy atom. The summed E-state index contributed by atoms with van der Waals surface area (Å²) in [4.78, 5) is 11.5. The number of ether oxygens (including phenoxy) is 3. The SMILES string of the molecule is CC(=O)c1cc2c(cc1NS(=O)(=O)c1ccc(OC(F)(F)F)cc1)OCO2. The maximum absolute atomic E-state index is 12.5. The molecule has 11 heteroatoms. The Bertz CT molecular complexity index is 986. The molecular weight excluding hydrogens is 391 g/mol. The molecule has 7 nitrogen and oxygen atoms in total. The van der Waals surface area contributed by atoms with Crippen LogP contribution in [0.4, 0.5) is 18.9 Å². The molecule has 0 fully saturated rings. The van der Waals surface area contributed by atoms with Crippen molar-refractivity contribution in [1.82, 2.24) is 0 Å². The number of fused-ring (bicyclic) bond motifs is 1. The van der Waals surface area contributed by atoms with Gasteiger partial charge < -0.3 is 14.2 Å². The van der Waals surface area contributed by atoms with E-state index in [0.29, 0.717) is 5.75 Å². The molecule has 0 bridgehead atoms. The fraction of sp³-hybridized carbons (Fsp3) is 0.188. The molecule has 0 amide bonds. The van der Waals surface area contributed by atoms with E-state index in [2.05, 4.69) is 9.46 Å². The molecular formula is C16H12F3NO6S. The Labute approximate surface area is 151 Å². The first kappa shape index (κ1) is 18.8. The summed E-state index contributed by atoms with van der Waals surface area (Å²) >= 11 is 0. The van der Waals surface area contributed by atoms with Crippen LogP contribution in [-0.2, 0) is 10.0 Å². The van der Waals surface area contributed by atoms with Crippen molar-refractivity contribution in [3.05, 3.63) is 42.0 Å². The third-order valence-corrected chi connectivity index (χ3v) is 4.89. The van der Waals surface area contributed by atoms with Crippen molar-refractivity contribution in [2.75, 3.05) is 11.5 Å². The largest absolute Gasteiger partial charge is 0.573 e. The molecule has 0 spiro atoms. The molecule has 2 aromatic rings. The number of alkyl halides is 3. The molecule has 1 heterocycles. The monoisotopic (exact) mass is 403 g/mol. The Morgan fingerprint density at radius 3 is 2.26 bits per heavy atom. The van der Waals surface area contributed by atoms with Crippen molar-refractivity contribution in [2.24, 2.45) is 0 Å². The lowest BCUT2D eigenvalue weighted by molar-refractivity contribution is -0.274. The predicted molar refractivity (Wildman–Crippen MR) is 86.5 cm³/mol. The molecule has 3 rings (SSSR count). The molecule has 27 heavy (non-hydrogen) atoms. The van der Waals surface area contributed by atoms with Gasteiger partial charge in [0.25, 0.3) is 10.0 Å². The van der Waals surface area contributed by atoms with Gasteiger partial charge in [0.1, 0.15) is 5.75 Å². The fourth-order valence-electron chi connectivity index (χ4n) is 2.34. The molecule has 2 aromatic carbocycles. The van der Waals surface area contributed by atoms with Gasteiger partial charge in [-0.3, -0.25) is 9.52 Å². The number of hydrogen-bond donors (Lipinski definition) is 1. The molecule has 0 aliphatic carbocycles. The van der Waals surface area contributed by atoms with E-state index in [1.54, 1.807) is 0 Å². The van der Waals surface area contributed by atoms with Crippen LogP contribution < -0.4 is 18.9 Å². The predicted octanol–water partition coefficient (Wildman–Crippen LogP) is 3.32. The number of carbonyl (C=O) groups is 1. The lowest BCUT2D eigenvalue weighted by Crippen LogP contribution is -2.17. The van der Waals surface area contributed by atoms with E-state index < -0.39 is 27.9 Å². The van der Waals surface area contributed by atoms with Crippen molar-refractivity contribution in [1.29, 1.82) is 0 Å². The highest BCUT2D eigenvalue weighted by molar-refractivity contribution is 7.92. The van der Waals surface area contributed by atoms with E-state index in [1.165, 1.54) is 19.1 Å². The van der Waals surface area contributed by atoms with Gasteiger partial charge in [0.05, 0.1) is 10.6 Å². The van der Waals surface area contributed by atoms with Gasteiger partial charge in [0, 0.05) is 11.6 Å². The quantitative estimate of drug-likeness (QED) is 0.771. The van der Waals surface area contributed by atoms with Crippen LogP contribution in [0.25, 0.3) is 0 Å². The number of rotatable bonds is 5. The molecule has 1 aliphatic heterocycles. The number of sulfonamides is 1. The number of hydrogen-bond acceptors (Lipinski definition) is 6. The lowest BCUT2D eigenvalue weighted by Gasteiger charge is -2.13. The number of anilines is 1. The topological polar surface area (TPSA) is 90.9 Å². The lowest BCUT2D eigenvalue weighted by atomic mass is 10.1. The molecule has 1 N–H and O–H groups in total. The second-order valence-electron chi connectivity index (χ2n) is 5.43. The van der Waals surface area contributed by atoms with Gasteiger partial charge in [-0.05, 0) is 37.3 Å². The van der Waals surface area contributed by atoms with Crippen LogP contribution in [0.3, 0.4) is 0 Å². The van der Waals surface area contributed by atoms with Crippen LogP contribution in [0.15, 0.2) is 41.3 Å². The fourth-order valence-corrected chi connectivity index (χ4v) is 3.41. The minimum atomic E-state index is -4.89. The van der Waals surface area contributed by atoms with Crippen LogP contribution in [0.1, 0.15) is 17.3 Å². The summed E-state index contributed by atoms with van der Waals surface area (Å²) < 4.78 is 77.8. The van der Waals surface area contributed by atoms with Crippen molar-refractivity contribution >= 4 is 21.5 Å². The molecule has 0 saturated carbocycles. The molecule has 0 radical (unpaired) electrons. The number of benzene rings is 2. The van der Waals surface area contributed by atoms with Crippen LogP contribution in [0, 0.1) is 0 Å². The van der Waals surface area contributed by atoms with Crippen LogP contribution >= 0.6 is 0 Å². The van der Waals surface area contributed by atoms with Crippen molar-refractivity contribution in [3.8, 4) is 17.2 Å². The number of nitrogens with one attached hydrogen (secondary N) is 1. The number of halogens is 3. The molecule has 0 aromatic heterocycles. The van der Waals surface area contributed by atoms with E-state index in [-0.39, 0.29) is 28.7 Å². The summed E-state index contributed by atoms with van der Waals surface area (Å²) in [5.41, 5.74) is 0.0159. The standard InChI is InChI=1S/C16H12F3NO6S/c1-9(21)12-6-14-15(25-8-24-14)7-13(12)20-27(22,23)11-4-2-10(3-5-11)26-16(17,18)19/h2-7,20H,8H2,1H3. The van der Waals surface area contributed by atoms with Gasteiger partial charge in [0.2, 0.25) is 6.79 Å². The minimum Gasteiger partial charge on any atom is -0.454 e. The zero-order valence-electron chi connectivity index (χ0n) is 13.7. The third kappa shape index (κ3) is 4.25. The molecule has 0 saturated heterocycles. The summed E-state index contributed by atoms with van der Waals surface area (Å²) in [6.45, 7) is 1.18. The van der Waals surface area contributed by atoms with Crippen molar-refractivity contribution in [2.45, 2.75) is 18.2 Å². The number of carbonyl (C=O) groups excluding carboxylic acids is 1.